The van der Waals surface area contributed by atoms with Gasteiger partial charge in [-0.1, -0.05) is 16.8 Å². The SMILES string of the molecule is O=NCc1ncccc1Cl. The van der Waals surface area contributed by atoms with Gasteiger partial charge in [0.1, 0.15) is 6.54 Å². The van der Waals surface area contributed by atoms with Gasteiger partial charge in [0, 0.05) is 6.20 Å². The summed E-state index contributed by atoms with van der Waals surface area (Å²) in [6, 6.07) is 3.38. The molecule has 4 heteroatoms. The molecular weight excluding hydrogens is 152 g/mol. The fraction of sp³-hybridized carbons (Fsp3) is 0.167. The summed E-state index contributed by atoms with van der Waals surface area (Å²) in [5.41, 5.74) is 0.527. The zero-order valence-electron chi connectivity index (χ0n) is 5.12. The van der Waals surface area contributed by atoms with Crippen LogP contribution in [0.15, 0.2) is 23.5 Å². The molecule has 10 heavy (non-hydrogen) atoms. The van der Waals surface area contributed by atoms with Gasteiger partial charge in [0.2, 0.25) is 0 Å². The van der Waals surface area contributed by atoms with E-state index in [1.807, 2.05) is 0 Å². The predicted molar refractivity (Wildman–Crippen MR) is 38.7 cm³/mol. The van der Waals surface area contributed by atoms with Gasteiger partial charge in [-0.3, -0.25) is 4.98 Å². The molecule has 3 nitrogen and oxygen atoms in total. The largest absolute Gasteiger partial charge is 0.258 e. The molecule has 0 aromatic carbocycles. The minimum atomic E-state index is 0.0413. The molecule has 0 bridgehead atoms. The summed E-state index contributed by atoms with van der Waals surface area (Å²) in [4.78, 5) is 13.6. The minimum Gasteiger partial charge on any atom is -0.258 e. The Morgan fingerprint density at radius 2 is 2.50 bits per heavy atom. The average Bonchev–Trinajstić information content (AvgIpc) is 1.94. The van der Waals surface area contributed by atoms with Crippen molar-refractivity contribution in [3.8, 4) is 0 Å². The first-order valence-electron chi connectivity index (χ1n) is 2.73. The molecule has 0 atom stereocenters. The summed E-state index contributed by atoms with van der Waals surface area (Å²) in [6.07, 6.45) is 1.58. The normalized spacial score (nSPS) is 9.30. The third-order valence-corrected chi connectivity index (χ3v) is 1.39. The summed E-state index contributed by atoms with van der Waals surface area (Å²) in [7, 11) is 0. The Balaban J connectivity index is 2.91. The number of nitrogens with zero attached hydrogens (tertiary/aromatic N) is 2. The summed E-state index contributed by atoms with van der Waals surface area (Å²) >= 11 is 5.64. The molecule has 0 unspecified atom stereocenters. The number of pyridine rings is 1. The van der Waals surface area contributed by atoms with Crippen LogP contribution in [0.1, 0.15) is 5.69 Å². The molecule has 0 aliphatic rings. The van der Waals surface area contributed by atoms with Crippen LogP contribution in [0.3, 0.4) is 0 Å². The number of hydrogen-bond donors (Lipinski definition) is 0. The predicted octanol–water partition coefficient (Wildman–Crippen LogP) is 2.00. The standard InChI is InChI=1S/C6H5ClN2O/c7-5-2-1-3-8-6(5)4-9-10/h1-3H,4H2. The number of halogens is 1. The highest BCUT2D eigenvalue weighted by Crippen LogP contribution is 2.12. The van der Waals surface area contributed by atoms with E-state index in [0.717, 1.165) is 0 Å². The first-order valence-corrected chi connectivity index (χ1v) is 3.11. The summed E-state index contributed by atoms with van der Waals surface area (Å²) in [5.74, 6) is 0. The molecule has 52 valence electrons. The highest BCUT2D eigenvalue weighted by atomic mass is 35.5. The highest BCUT2D eigenvalue weighted by Gasteiger charge is 1.97. The third-order valence-electron chi connectivity index (χ3n) is 1.05. The van der Waals surface area contributed by atoms with Gasteiger partial charge in [-0.15, -0.1) is 0 Å². The van der Waals surface area contributed by atoms with Gasteiger partial charge >= 0.3 is 0 Å². The van der Waals surface area contributed by atoms with Gasteiger partial charge in [-0.25, -0.2) is 0 Å². The van der Waals surface area contributed by atoms with E-state index in [9.17, 15) is 4.91 Å². The minimum absolute atomic E-state index is 0.0413. The van der Waals surface area contributed by atoms with Crippen LogP contribution in [-0.4, -0.2) is 4.98 Å². The monoisotopic (exact) mass is 156 g/mol. The number of nitroso groups, excluding NO2 is 1. The van der Waals surface area contributed by atoms with E-state index in [1.54, 1.807) is 18.3 Å². The van der Waals surface area contributed by atoms with Crippen LogP contribution in [0.4, 0.5) is 0 Å². The van der Waals surface area contributed by atoms with E-state index >= 15 is 0 Å². The maximum Gasteiger partial charge on any atom is 0.125 e. The van der Waals surface area contributed by atoms with Crippen LogP contribution in [0, 0.1) is 4.91 Å². The van der Waals surface area contributed by atoms with Gasteiger partial charge in [-0.05, 0) is 12.1 Å². The fourth-order valence-electron chi connectivity index (χ4n) is 0.596. The first-order chi connectivity index (χ1) is 4.84. The second-order valence-electron chi connectivity index (χ2n) is 1.72. The molecule has 1 aromatic rings. The quantitative estimate of drug-likeness (QED) is 0.615. The van der Waals surface area contributed by atoms with Crippen molar-refractivity contribution < 1.29 is 0 Å². The van der Waals surface area contributed by atoms with E-state index in [1.165, 1.54) is 0 Å². The Labute approximate surface area is 63.0 Å². The van der Waals surface area contributed by atoms with Crippen LogP contribution in [-0.2, 0) is 6.54 Å². The van der Waals surface area contributed by atoms with E-state index in [4.69, 9.17) is 11.6 Å². The Morgan fingerprint density at radius 1 is 1.70 bits per heavy atom. The van der Waals surface area contributed by atoms with Crippen molar-refractivity contribution >= 4 is 11.6 Å². The van der Waals surface area contributed by atoms with Crippen LogP contribution in [0.5, 0.6) is 0 Å². The van der Waals surface area contributed by atoms with Crippen LogP contribution in [0.25, 0.3) is 0 Å². The Bertz CT molecular complexity index is 239. The van der Waals surface area contributed by atoms with Crippen molar-refractivity contribution in [2.75, 3.05) is 0 Å². The van der Waals surface area contributed by atoms with E-state index in [-0.39, 0.29) is 6.54 Å². The second-order valence-corrected chi connectivity index (χ2v) is 2.13. The molecule has 0 amide bonds. The molecule has 0 fully saturated rings. The molecule has 0 spiro atoms. The molecule has 1 rings (SSSR count). The average molecular weight is 157 g/mol. The molecule has 0 aliphatic carbocycles. The van der Waals surface area contributed by atoms with Crippen molar-refractivity contribution in [3.05, 3.63) is 34.0 Å². The topological polar surface area (TPSA) is 42.3 Å². The molecule has 0 saturated carbocycles. The molecule has 0 aliphatic heterocycles. The highest BCUT2D eigenvalue weighted by molar-refractivity contribution is 6.31. The van der Waals surface area contributed by atoms with Crippen molar-refractivity contribution in [1.82, 2.24) is 4.98 Å². The molecular formula is C6H5ClN2O. The number of aromatic nitrogens is 1. The van der Waals surface area contributed by atoms with Crippen molar-refractivity contribution in [3.63, 3.8) is 0 Å². The maximum absolute atomic E-state index is 9.78. The lowest BCUT2D eigenvalue weighted by Gasteiger charge is -1.93. The smallest absolute Gasteiger partial charge is 0.125 e. The Morgan fingerprint density at radius 3 is 3.10 bits per heavy atom. The third kappa shape index (κ3) is 1.51. The number of rotatable bonds is 2. The Kier molecular flexibility index (Phi) is 2.34. The first kappa shape index (κ1) is 7.15. The molecule has 1 heterocycles. The van der Waals surface area contributed by atoms with E-state index in [0.29, 0.717) is 10.7 Å². The molecule has 0 N–H and O–H groups in total. The lowest BCUT2D eigenvalue weighted by Crippen LogP contribution is -1.86. The van der Waals surface area contributed by atoms with Gasteiger partial charge < -0.3 is 0 Å². The van der Waals surface area contributed by atoms with Crippen LogP contribution in [0.2, 0.25) is 5.02 Å². The van der Waals surface area contributed by atoms with Crippen molar-refractivity contribution in [1.29, 1.82) is 0 Å². The van der Waals surface area contributed by atoms with E-state index in [2.05, 4.69) is 10.2 Å². The van der Waals surface area contributed by atoms with Crippen LogP contribution >= 0.6 is 11.6 Å². The molecule has 0 saturated heterocycles. The van der Waals surface area contributed by atoms with Gasteiger partial charge in [0.15, 0.2) is 0 Å². The van der Waals surface area contributed by atoms with Crippen molar-refractivity contribution in [2.24, 2.45) is 5.18 Å². The van der Waals surface area contributed by atoms with Gasteiger partial charge in [-0.2, -0.15) is 4.91 Å². The summed E-state index contributed by atoms with van der Waals surface area (Å²) in [5, 5.41) is 3.16. The lowest BCUT2D eigenvalue weighted by atomic mass is 10.3. The Hall–Kier alpha value is -0.960. The molecule has 0 radical (unpaired) electrons. The number of hydrogen-bond acceptors (Lipinski definition) is 3. The zero-order chi connectivity index (χ0) is 7.40. The van der Waals surface area contributed by atoms with Gasteiger partial charge in [0.05, 0.1) is 10.7 Å². The second kappa shape index (κ2) is 3.27. The van der Waals surface area contributed by atoms with E-state index < -0.39 is 0 Å². The van der Waals surface area contributed by atoms with Gasteiger partial charge in [0.25, 0.3) is 0 Å². The van der Waals surface area contributed by atoms with Crippen LogP contribution < -0.4 is 0 Å². The fourth-order valence-corrected chi connectivity index (χ4v) is 0.777. The summed E-state index contributed by atoms with van der Waals surface area (Å²) < 4.78 is 0. The van der Waals surface area contributed by atoms with Crippen molar-refractivity contribution in [2.45, 2.75) is 6.54 Å². The maximum atomic E-state index is 9.78. The molecule has 1 aromatic heterocycles. The zero-order valence-corrected chi connectivity index (χ0v) is 5.88. The summed E-state index contributed by atoms with van der Waals surface area (Å²) in [6.45, 7) is 0.0413. The lowest BCUT2D eigenvalue weighted by molar-refractivity contribution is 0.981.